The van der Waals surface area contributed by atoms with Gasteiger partial charge in [-0.25, -0.2) is 0 Å². The molecular weight excluding hydrogens is 264 g/mol. The van der Waals surface area contributed by atoms with Crippen LogP contribution in [0.2, 0.25) is 0 Å². The summed E-state index contributed by atoms with van der Waals surface area (Å²) in [4.78, 5) is 13.6. The van der Waals surface area contributed by atoms with Crippen LogP contribution in [0.15, 0.2) is 18.2 Å². The third-order valence-corrected chi connectivity index (χ3v) is 4.10. The van der Waals surface area contributed by atoms with E-state index in [0.29, 0.717) is 28.8 Å². The molecule has 2 unspecified atom stereocenters. The molecule has 21 heavy (non-hydrogen) atoms. The molecule has 0 heterocycles. The summed E-state index contributed by atoms with van der Waals surface area (Å²) in [6.07, 6.45) is 3.55. The van der Waals surface area contributed by atoms with Crippen molar-refractivity contribution in [1.29, 1.82) is 0 Å². The van der Waals surface area contributed by atoms with Gasteiger partial charge in [-0.05, 0) is 49.3 Å². The summed E-state index contributed by atoms with van der Waals surface area (Å²) >= 11 is 0. The Morgan fingerprint density at radius 2 is 1.81 bits per heavy atom. The van der Waals surface area contributed by atoms with Crippen LogP contribution in [0.5, 0.6) is 5.75 Å². The lowest BCUT2D eigenvalue weighted by atomic mass is 9.82. The molecule has 0 aromatic heterocycles. The van der Waals surface area contributed by atoms with Crippen LogP contribution >= 0.6 is 0 Å². The molecule has 0 spiro atoms. The number of nitrogens with two attached hydrogens (primary N) is 1. The highest BCUT2D eigenvalue weighted by Gasteiger charge is 2.26. The Hall–Kier alpha value is -1.71. The Morgan fingerprint density at radius 3 is 2.38 bits per heavy atom. The Morgan fingerprint density at radius 1 is 1.19 bits per heavy atom. The zero-order chi connectivity index (χ0) is 15.6. The van der Waals surface area contributed by atoms with Gasteiger partial charge in [-0.15, -0.1) is 0 Å². The SMILES string of the molecule is CC1CC(C)CC(Oc2cc(C(=O)N(C)C)ccc2N)C1. The summed E-state index contributed by atoms with van der Waals surface area (Å²) in [5.41, 5.74) is 7.21. The normalized spacial score (nSPS) is 25.4. The fraction of sp³-hybridized carbons (Fsp3) is 0.588. The van der Waals surface area contributed by atoms with E-state index in [9.17, 15) is 4.79 Å². The second kappa shape index (κ2) is 6.37. The smallest absolute Gasteiger partial charge is 0.253 e. The van der Waals surface area contributed by atoms with Gasteiger partial charge in [-0.1, -0.05) is 13.8 Å². The fourth-order valence-corrected chi connectivity index (χ4v) is 3.18. The van der Waals surface area contributed by atoms with E-state index in [1.165, 1.54) is 6.42 Å². The van der Waals surface area contributed by atoms with Crippen molar-refractivity contribution in [2.45, 2.75) is 39.2 Å². The number of carbonyl (C=O) groups excluding carboxylic acids is 1. The first kappa shape index (κ1) is 15.7. The van der Waals surface area contributed by atoms with Gasteiger partial charge in [0.05, 0.1) is 11.8 Å². The molecule has 1 saturated carbocycles. The quantitative estimate of drug-likeness (QED) is 0.870. The van der Waals surface area contributed by atoms with Crippen molar-refractivity contribution in [3.8, 4) is 5.75 Å². The van der Waals surface area contributed by atoms with Gasteiger partial charge in [0.1, 0.15) is 5.75 Å². The van der Waals surface area contributed by atoms with Gasteiger partial charge in [0.15, 0.2) is 0 Å². The number of hydrogen-bond donors (Lipinski definition) is 1. The third kappa shape index (κ3) is 3.90. The molecule has 0 bridgehead atoms. The molecule has 1 aliphatic rings. The number of carbonyl (C=O) groups is 1. The lowest BCUT2D eigenvalue weighted by Gasteiger charge is -2.32. The van der Waals surface area contributed by atoms with Crippen LogP contribution in [-0.2, 0) is 0 Å². The van der Waals surface area contributed by atoms with Crippen molar-refractivity contribution in [2.24, 2.45) is 11.8 Å². The first-order valence-electron chi connectivity index (χ1n) is 7.64. The molecule has 1 aromatic rings. The van der Waals surface area contributed by atoms with E-state index in [4.69, 9.17) is 10.5 Å². The van der Waals surface area contributed by atoms with Gasteiger partial charge < -0.3 is 15.4 Å². The van der Waals surface area contributed by atoms with E-state index in [-0.39, 0.29) is 12.0 Å². The summed E-state index contributed by atoms with van der Waals surface area (Å²) in [7, 11) is 3.48. The molecule has 2 atom stereocenters. The third-order valence-electron chi connectivity index (χ3n) is 4.10. The maximum atomic E-state index is 12.0. The van der Waals surface area contributed by atoms with Crippen LogP contribution in [0.3, 0.4) is 0 Å². The first-order valence-corrected chi connectivity index (χ1v) is 7.64. The number of rotatable bonds is 3. The molecule has 0 aliphatic heterocycles. The number of hydrogen-bond acceptors (Lipinski definition) is 3. The molecule has 4 heteroatoms. The minimum atomic E-state index is -0.0368. The molecule has 1 amide bonds. The molecule has 1 aliphatic carbocycles. The standard InChI is InChI=1S/C17H26N2O2/c1-11-7-12(2)9-14(8-11)21-16-10-13(5-6-15(16)18)17(20)19(3)4/h5-6,10-12,14H,7-9,18H2,1-4H3. The monoisotopic (exact) mass is 290 g/mol. The molecule has 0 saturated heterocycles. The van der Waals surface area contributed by atoms with Crippen LogP contribution in [0, 0.1) is 11.8 Å². The van der Waals surface area contributed by atoms with Gasteiger partial charge >= 0.3 is 0 Å². The van der Waals surface area contributed by atoms with E-state index in [2.05, 4.69) is 13.8 Å². The summed E-state index contributed by atoms with van der Waals surface area (Å²) in [5.74, 6) is 1.94. The van der Waals surface area contributed by atoms with Crippen molar-refractivity contribution in [3.05, 3.63) is 23.8 Å². The highest BCUT2D eigenvalue weighted by atomic mass is 16.5. The van der Waals surface area contributed by atoms with Gasteiger partial charge in [0.25, 0.3) is 5.91 Å². The van der Waals surface area contributed by atoms with Crippen LogP contribution in [-0.4, -0.2) is 31.0 Å². The Kier molecular flexibility index (Phi) is 4.76. The molecule has 116 valence electrons. The predicted molar refractivity (Wildman–Crippen MR) is 85.5 cm³/mol. The first-order chi connectivity index (χ1) is 9.86. The molecule has 4 nitrogen and oxygen atoms in total. The van der Waals surface area contributed by atoms with E-state index in [1.807, 2.05) is 0 Å². The number of ether oxygens (including phenoxy) is 1. The van der Waals surface area contributed by atoms with Crippen LogP contribution in [0.4, 0.5) is 5.69 Å². The average Bonchev–Trinajstić information content (AvgIpc) is 2.39. The highest BCUT2D eigenvalue weighted by Crippen LogP contribution is 2.33. The zero-order valence-corrected chi connectivity index (χ0v) is 13.4. The molecule has 2 rings (SSSR count). The second-order valence-corrected chi connectivity index (χ2v) is 6.61. The van der Waals surface area contributed by atoms with E-state index in [0.717, 1.165) is 12.8 Å². The minimum absolute atomic E-state index is 0.0368. The number of amides is 1. The van der Waals surface area contributed by atoms with E-state index >= 15 is 0 Å². The van der Waals surface area contributed by atoms with Gasteiger partial charge in [-0.2, -0.15) is 0 Å². The number of nitrogen functional groups attached to an aromatic ring is 1. The highest BCUT2D eigenvalue weighted by molar-refractivity contribution is 5.94. The Balaban J connectivity index is 2.15. The lowest BCUT2D eigenvalue weighted by molar-refractivity contribution is 0.0823. The summed E-state index contributed by atoms with van der Waals surface area (Å²) in [6.45, 7) is 4.53. The summed E-state index contributed by atoms with van der Waals surface area (Å²) in [6, 6.07) is 5.26. The summed E-state index contributed by atoms with van der Waals surface area (Å²) in [5, 5.41) is 0. The maximum absolute atomic E-state index is 12.0. The van der Waals surface area contributed by atoms with Gasteiger partial charge in [-0.3, -0.25) is 4.79 Å². The molecule has 1 aromatic carbocycles. The van der Waals surface area contributed by atoms with Crippen molar-refractivity contribution in [3.63, 3.8) is 0 Å². The van der Waals surface area contributed by atoms with Crippen molar-refractivity contribution < 1.29 is 9.53 Å². The van der Waals surface area contributed by atoms with Crippen LogP contribution in [0.25, 0.3) is 0 Å². The number of benzene rings is 1. The molecular formula is C17H26N2O2. The van der Waals surface area contributed by atoms with Crippen molar-refractivity contribution in [2.75, 3.05) is 19.8 Å². The molecule has 1 fully saturated rings. The van der Waals surface area contributed by atoms with Crippen molar-refractivity contribution in [1.82, 2.24) is 4.90 Å². The van der Waals surface area contributed by atoms with Crippen LogP contribution < -0.4 is 10.5 Å². The van der Waals surface area contributed by atoms with E-state index < -0.39 is 0 Å². The maximum Gasteiger partial charge on any atom is 0.253 e. The fourth-order valence-electron chi connectivity index (χ4n) is 3.18. The van der Waals surface area contributed by atoms with E-state index in [1.54, 1.807) is 37.2 Å². The zero-order valence-electron chi connectivity index (χ0n) is 13.4. The average molecular weight is 290 g/mol. The number of anilines is 1. The summed E-state index contributed by atoms with van der Waals surface area (Å²) < 4.78 is 6.10. The van der Waals surface area contributed by atoms with Crippen LogP contribution in [0.1, 0.15) is 43.5 Å². The topological polar surface area (TPSA) is 55.6 Å². The van der Waals surface area contributed by atoms with Crippen molar-refractivity contribution >= 4 is 11.6 Å². The Bertz CT molecular complexity index is 504. The second-order valence-electron chi connectivity index (χ2n) is 6.61. The molecule has 0 radical (unpaired) electrons. The minimum Gasteiger partial charge on any atom is -0.488 e. The van der Waals surface area contributed by atoms with Gasteiger partial charge in [0.2, 0.25) is 0 Å². The lowest BCUT2D eigenvalue weighted by Crippen LogP contribution is -2.29. The largest absolute Gasteiger partial charge is 0.488 e. The number of nitrogens with zero attached hydrogens (tertiary/aromatic N) is 1. The van der Waals surface area contributed by atoms with Gasteiger partial charge in [0, 0.05) is 19.7 Å². The molecule has 2 N–H and O–H groups in total. The predicted octanol–water partition coefficient (Wildman–Crippen LogP) is 3.17. The Labute approximate surface area is 127 Å².